The predicted octanol–water partition coefficient (Wildman–Crippen LogP) is 3.51. The lowest BCUT2D eigenvalue weighted by Crippen LogP contribution is -2.30. The molecule has 0 radical (unpaired) electrons. The Morgan fingerprint density at radius 2 is 1.93 bits per heavy atom. The zero-order valence-corrected chi connectivity index (χ0v) is 16.6. The molecule has 1 aromatic carbocycles. The first kappa shape index (κ1) is 18.8. The number of urea groups is 1. The second kappa shape index (κ2) is 8.61. The molecule has 0 bridgehead atoms. The first-order chi connectivity index (χ1) is 14.2. The third kappa shape index (κ3) is 4.82. The quantitative estimate of drug-likeness (QED) is 0.530. The Morgan fingerprint density at radius 3 is 2.72 bits per heavy atom. The maximum atomic E-state index is 12.5. The van der Waals surface area contributed by atoms with Gasteiger partial charge in [-0.05, 0) is 17.7 Å². The van der Waals surface area contributed by atoms with Crippen LogP contribution >= 0.6 is 11.3 Å². The number of nitrogens with zero attached hydrogens (tertiary/aromatic N) is 6. The number of benzene rings is 1. The first-order valence-electron chi connectivity index (χ1n) is 8.99. The highest BCUT2D eigenvalue weighted by Gasteiger charge is 2.14. The molecule has 0 aliphatic carbocycles. The van der Waals surface area contributed by atoms with E-state index in [0.29, 0.717) is 23.2 Å². The van der Waals surface area contributed by atoms with Gasteiger partial charge in [0.2, 0.25) is 5.13 Å². The monoisotopic (exact) mass is 405 g/mol. The number of anilines is 1. The molecule has 29 heavy (non-hydrogen) atoms. The third-order valence-corrected chi connectivity index (χ3v) is 5.02. The van der Waals surface area contributed by atoms with Crippen molar-refractivity contribution in [3.05, 3.63) is 78.2 Å². The van der Waals surface area contributed by atoms with E-state index in [-0.39, 0.29) is 6.03 Å². The summed E-state index contributed by atoms with van der Waals surface area (Å²) in [6, 6.07) is 15.4. The molecule has 4 aromatic rings. The zero-order chi connectivity index (χ0) is 20.1. The highest BCUT2D eigenvalue weighted by molar-refractivity contribution is 7.18. The molecule has 3 heterocycles. The summed E-state index contributed by atoms with van der Waals surface area (Å²) < 4.78 is 1.86. The number of hydrogen-bond acceptors (Lipinski definition) is 6. The summed E-state index contributed by atoms with van der Waals surface area (Å²) in [7, 11) is 1.73. The van der Waals surface area contributed by atoms with Gasteiger partial charge in [0, 0.05) is 25.0 Å². The lowest BCUT2D eigenvalue weighted by molar-refractivity contribution is 0.220. The summed E-state index contributed by atoms with van der Waals surface area (Å²) >= 11 is 1.28. The van der Waals surface area contributed by atoms with E-state index in [2.05, 4.69) is 37.7 Å². The van der Waals surface area contributed by atoms with E-state index in [1.54, 1.807) is 24.3 Å². The van der Waals surface area contributed by atoms with E-state index < -0.39 is 0 Å². The van der Waals surface area contributed by atoms with E-state index in [0.717, 1.165) is 11.3 Å². The number of hydrogen-bond donors (Lipinski definition) is 1. The molecule has 2 amide bonds. The Bertz CT molecular complexity index is 1080. The number of amides is 2. The standard InChI is InChI=1S/C20H19N7OS/c1-26(12-16-11-22-27(14-16)13-15-7-3-2-4-8-15)20(28)23-19-25-24-18(29-19)17-9-5-6-10-21-17/h2-11,14H,12-13H2,1H3,(H,23,25,28). The van der Waals surface area contributed by atoms with Crippen LogP contribution in [-0.2, 0) is 13.1 Å². The van der Waals surface area contributed by atoms with E-state index >= 15 is 0 Å². The van der Waals surface area contributed by atoms with Crippen molar-refractivity contribution in [3.63, 3.8) is 0 Å². The van der Waals surface area contributed by atoms with Crippen LogP contribution < -0.4 is 5.32 Å². The summed E-state index contributed by atoms with van der Waals surface area (Å²) in [5.74, 6) is 0. The molecule has 0 atom stereocenters. The van der Waals surface area contributed by atoms with Crippen molar-refractivity contribution in [3.8, 4) is 10.7 Å². The van der Waals surface area contributed by atoms with Crippen molar-refractivity contribution in [2.24, 2.45) is 0 Å². The highest BCUT2D eigenvalue weighted by atomic mass is 32.1. The van der Waals surface area contributed by atoms with Crippen molar-refractivity contribution in [2.75, 3.05) is 12.4 Å². The number of aromatic nitrogens is 5. The first-order valence-corrected chi connectivity index (χ1v) is 9.81. The molecule has 3 aromatic heterocycles. The van der Waals surface area contributed by atoms with Gasteiger partial charge in [0.25, 0.3) is 0 Å². The Hall–Kier alpha value is -3.59. The molecule has 146 valence electrons. The minimum absolute atomic E-state index is 0.260. The van der Waals surface area contributed by atoms with Crippen molar-refractivity contribution in [1.82, 2.24) is 29.9 Å². The molecule has 1 N–H and O–H groups in total. The van der Waals surface area contributed by atoms with Gasteiger partial charge in [-0.2, -0.15) is 5.10 Å². The summed E-state index contributed by atoms with van der Waals surface area (Å²) in [5.41, 5.74) is 2.85. The Morgan fingerprint density at radius 1 is 1.10 bits per heavy atom. The molecular formula is C20H19N7OS. The van der Waals surface area contributed by atoms with Crippen LogP contribution in [0, 0.1) is 0 Å². The SMILES string of the molecule is CN(Cc1cnn(Cc2ccccc2)c1)C(=O)Nc1nnc(-c2ccccn2)s1. The van der Waals surface area contributed by atoms with Crippen LogP contribution in [-0.4, -0.2) is 42.9 Å². The maximum absolute atomic E-state index is 12.5. The molecule has 0 unspecified atom stereocenters. The molecule has 8 nitrogen and oxygen atoms in total. The molecule has 0 aliphatic rings. The smallest absolute Gasteiger partial charge is 0.323 e. The number of nitrogens with one attached hydrogen (secondary N) is 1. The summed E-state index contributed by atoms with van der Waals surface area (Å²) in [5, 5.41) is 16.4. The summed E-state index contributed by atoms with van der Waals surface area (Å²) in [4.78, 5) is 18.3. The molecule has 0 fully saturated rings. The van der Waals surface area contributed by atoms with Crippen LogP contribution in [0.15, 0.2) is 67.1 Å². The number of carbonyl (C=O) groups excluding carboxylic acids is 1. The largest absolute Gasteiger partial charge is 0.323 e. The van der Waals surface area contributed by atoms with Crippen LogP contribution in [0.4, 0.5) is 9.93 Å². The highest BCUT2D eigenvalue weighted by Crippen LogP contribution is 2.24. The Kier molecular flexibility index (Phi) is 5.57. The van der Waals surface area contributed by atoms with Crippen LogP contribution in [0.3, 0.4) is 0 Å². The molecule has 9 heteroatoms. The third-order valence-electron chi connectivity index (χ3n) is 4.16. The Labute approximate surface area is 171 Å². The van der Waals surface area contributed by atoms with Crippen molar-refractivity contribution in [1.29, 1.82) is 0 Å². The summed E-state index contributed by atoms with van der Waals surface area (Å²) in [6.45, 7) is 1.13. The van der Waals surface area contributed by atoms with Gasteiger partial charge in [-0.25, -0.2) is 4.79 Å². The van der Waals surface area contributed by atoms with E-state index in [1.807, 2.05) is 47.3 Å². The molecule has 0 aliphatic heterocycles. The minimum Gasteiger partial charge on any atom is -0.323 e. The minimum atomic E-state index is -0.260. The van der Waals surface area contributed by atoms with Gasteiger partial charge in [-0.15, -0.1) is 10.2 Å². The van der Waals surface area contributed by atoms with Gasteiger partial charge < -0.3 is 4.90 Å². The molecular weight excluding hydrogens is 386 g/mol. The molecule has 4 rings (SSSR count). The van der Waals surface area contributed by atoms with E-state index in [9.17, 15) is 4.79 Å². The van der Waals surface area contributed by atoms with Crippen molar-refractivity contribution in [2.45, 2.75) is 13.1 Å². The number of rotatable bonds is 6. The lowest BCUT2D eigenvalue weighted by Gasteiger charge is -2.15. The van der Waals surface area contributed by atoms with Crippen LogP contribution in [0.2, 0.25) is 0 Å². The van der Waals surface area contributed by atoms with Crippen LogP contribution in [0.1, 0.15) is 11.1 Å². The second-order valence-electron chi connectivity index (χ2n) is 6.45. The van der Waals surface area contributed by atoms with Crippen molar-refractivity contribution < 1.29 is 4.79 Å². The Balaban J connectivity index is 1.34. The average molecular weight is 405 g/mol. The summed E-state index contributed by atoms with van der Waals surface area (Å²) in [6.07, 6.45) is 5.42. The average Bonchev–Trinajstić information content (AvgIpc) is 3.39. The van der Waals surface area contributed by atoms with E-state index in [1.165, 1.54) is 16.9 Å². The van der Waals surface area contributed by atoms with Gasteiger partial charge in [-0.3, -0.25) is 15.0 Å². The molecule has 0 spiro atoms. The molecule has 0 saturated carbocycles. The number of carbonyl (C=O) groups is 1. The van der Waals surface area contributed by atoms with Gasteiger partial charge in [0.05, 0.1) is 19.3 Å². The fraction of sp³-hybridized carbons (Fsp3) is 0.150. The molecule has 0 saturated heterocycles. The van der Waals surface area contributed by atoms with Crippen LogP contribution in [0.25, 0.3) is 10.7 Å². The predicted molar refractivity (Wildman–Crippen MR) is 111 cm³/mol. The second-order valence-corrected chi connectivity index (χ2v) is 7.42. The zero-order valence-electron chi connectivity index (χ0n) is 15.8. The fourth-order valence-electron chi connectivity index (χ4n) is 2.74. The lowest BCUT2D eigenvalue weighted by atomic mass is 10.2. The van der Waals surface area contributed by atoms with Crippen molar-refractivity contribution >= 4 is 22.5 Å². The van der Waals surface area contributed by atoms with E-state index in [4.69, 9.17) is 0 Å². The maximum Gasteiger partial charge on any atom is 0.323 e. The topological polar surface area (TPSA) is 88.8 Å². The normalized spacial score (nSPS) is 10.7. The van der Waals surface area contributed by atoms with Gasteiger partial charge in [0.15, 0.2) is 5.01 Å². The fourth-order valence-corrected chi connectivity index (χ4v) is 3.45. The van der Waals surface area contributed by atoms with Gasteiger partial charge in [0.1, 0.15) is 5.69 Å². The number of pyridine rings is 1. The van der Waals surface area contributed by atoms with Crippen LogP contribution in [0.5, 0.6) is 0 Å². The van der Waals surface area contributed by atoms with Gasteiger partial charge >= 0.3 is 6.03 Å². The van der Waals surface area contributed by atoms with Gasteiger partial charge in [-0.1, -0.05) is 47.7 Å².